The first kappa shape index (κ1) is 22.2. The van der Waals surface area contributed by atoms with Crippen LogP contribution in [-0.2, 0) is 6.42 Å². The molecule has 0 aliphatic carbocycles. The number of hydrogen-bond donors (Lipinski definition) is 1. The summed E-state index contributed by atoms with van der Waals surface area (Å²) in [6.07, 6.45) is 0.682. The number of anilines is 1. The van der Waals surface area contributed by atoms with Crippen molar-refractivity contribution in [1.29, 1.82) is 0 Å². The zero-order valence-electron chi connectivity index (χ0n) is 18.0. The Kier molecular flexibility index (Phi) is 7.28. The molecule has 1 N–H and O–H groups in total. The van der Waals surface area contributed by atoms with Gasteiger partial charge in [-0.1, -0.05) is 12.1 Å². The van der Waals surface area contributed by atoms with Gasteiger partial charge in [0.25, 0.3) is 5.91 Å². The van der Waals surface area contributed by atoms with E-state index in [-0.39, 0.29) is 11.7 Å². The maximum absolute atomic E-state index is 13.0. The van der Waals surface area contributed by atoms with E-state index in [1.54, 1.807) is 7.11 Å². The second kappa shape index (κ2) is 10.5. The minimum Gasteiger partial charge on any atom is -0.497 e. The van der Waals surface area contributed by atoms with Crippen molar-refractivity contribution < 1.29 is 13.9 Å². The molecule has 1 amide bonds. The van der Waals surface area contributed by atoms with Gasteiger partial charge in [-0.25, -0.2) is 9.37 Å². The number of halogens is 1. The Labute approximate surface area is 191 Å². The third-order valence-corrected chi connectivity index (χ3v) is 6.23. The monoisotopic (exact) mass is 455 g/mol. The van der Waals surface area contributed by atoms with Gasteiger partial charge in [0.2, 0.25) is 5.13 Å². The van der Waals surface area contributed by atoms with E-state index >= 15 is 0 Å². The van der Waals surface area contributed by atoms with Crippen LogP contribution >= 0.6 is 11.5 Å². The Balaban J connectivity index is 1.21. The Morgan fingerprint density at radius 2 is 1.94 bits per heavy atom. The molecule has 0 saturated carbocycles. The van der Waals surface area contributed by atoms with Gasteiger partial charge in [0.1, 0.15) is 17.4 Å². The van der Waals surface area contributed by atoms with Crippen LogP contribution < -0.4 is 15.0 Å². The van der Waals surface area contributed by atoms with E-state index in [0.717, 1.165) is 55.0 Å². The fourth-order valence-electron chi connectivity index (χ4n) is 3.60. The standard InChI is InChI=1S/C23H26FN5O2S/c1-31-20-4-2-3-17(15-20)16-21-26-23(32-27-21)29-13-11-28(12-14-29)10-9-25-22(30)18-5-7-19(24)8-6-18/h2-8,15H,9-14,16H2,1H3,(H,25,30). The lowest BCUT2D eigenvalue weighted by Crippen LogP contribution is -2.48. The highest BCUT2D eigenvalue weighted by Gasteiger charge is 2.20. The SMILES string of the molecule is COc1cccc(Cc2nsc(N3CCN(CCNC(=O)c4ccc(F)cc4)CC3)n2)c1. The molecule has 1 aliphatic heterocycles. The van der Waals surface area contributed by atoms with Gasteiger partial charge in [-0.15, -0.1) is 0 Å². The molecule has 0 bridgehead atoms. The Morgan fingerprint density at radius 1 is 1.16 bits per heavy atom. The van der Waals surface area contributed by atoms with Crippen LogP contribution in [0.15, 0.2) is 48.5 Å². The molecule has 0 spiro atoms. The number of amides is 1. The van der Waals surface area contributed by atoms with E-state index in [2.05, 4.69) is 25.6 Å². The quantitative estimate of drug-likeness (QED) is 0.563. The zero-order valence-corrected chi connectivity index (χ0v) is 18.8. The normalized spacial score (nSPS) is 14.4. The molecule has 32 heavy (non-hydrogen) atoms. The molecule has 3 aromatic rings. The summed E-state index contributed by atoms with van der Waals surface area (Å²) in [6.45, 7) is 4.88. The van der Waals surface area contributed by atoms with E-state index in [9.17, 15) is 9.18 Å². The second-order valence-corrected chi connectivity index (χ2v) is 8.34. The van der Waals surface area contributed by atoms with Gasteiger partial charge in [-0.3, -0.25) is 9.69 Å². The number of methoxy groups -OCH3 is 1. The number of ether oxygens (including phenoxy) is 1. The van der Waals surface area contributed by atoms with Crippen molar-refractivity contribution in [2.24, 2.45) is 0 Å². The number of carbonyl (C=O) groups excluding carboxylic acids is 1. The van der Waals surface area contributed by atoms with Crippen molar-refractivity contribution in [2.45, 2.75) is 6.42 Å². The van der Waals surface area contributed by atoms with Gasteiger partial charge in [0.15, 0.2) is 0 Å². The molecular weight excluding hydrogens is 429 g/mol. The van der Waals surface area contributed by atoms with E-state index in [1.807, 2.05) is 18.2 Å². The van der Waals surface area contributed by atoms with Crippen molar-refractivity contribution in [3.63, 3.8) is 0 Å². The molecular formula is C23H26FN5O2S. The third kappa shape index (κ3) is 5.80. The van der Waals surface area contributed by atoms with Gasteiger partial charge >= 0.3 is 0 Å². The molecule has 0 atom stereocenters. The molecule has 0 unspecified atom stereocenters. The molecule has 2 aromatic carbocycles. The van der Waals surface area contributed by atoms with Crippen molar-refractivity contribution in [3.05, 3.63) is 71.3 Å². The highest BCUT2D eigenvalue weighted by atomic mass is 32.1. The molecule has 1 saturated heterocycles. The summed E-state index contributed by atoms with van der Waals surface area (Å²) >= 11 is 1.44. The summed E-state index contributed by atoms with van der Waals surface area (Å²) in [5, 5.41) is 3.85. The van der Waals surface area contributed by atoms with Gasteiger partial charge in [0.05, 0.1) is 7.11 Å². The lowest BCUT2D eigenvalue weighted by molar-refractivity contribution is 0.0947. The summed E-state index contributed by atoms with van der Waals surface area (Å²) < 4.78 is 22.8. The average molecular weight is 456 g/mol. The zero-order chi connectivity index (χ0) is 22.3. The van der Waals surface area contributed by atoms with Gasteiger partial charge in [0, 0.05) is 62.8 Å². The fourth-order valence-corrected chi connectivity index (χ4v) is 4.34. The highest BCUT2D eigenvalue weighted by molar-refractivity contribution is 7.09. The average Bonchev–Trinajstić information content (AvgIpc) is 3.28. The summed E-state index contributed by atoms with van der Waals surface area (Å²) in [6, 6.07) is 13.5. The minimum atomic E-state index is -0.345. The first-order chi connectivity index (χ1) is 15.6. The molecule has 168 valence electrons. The van der Waals surface area contributed by atoms with E-state index in [4.69, 9.17) is 9.72 Å². The summed E-state index contributed by atoms with van der Waals surface area (Å²) in [5.41, 5.74) is 1.60. The van der Waals surface area contributed by atoms with Crippen LogP contribution in [0.25, 0.3) is 0 Å². The number of rotatable bonds is 8. The van der Waals surface area contributed by atoms with Crippen LogP contribution in [0.1, 0.15) is 21.7 Å². The Morgan fingerprint density at radius 3 is 2.69 bits per heavy atom. The topological polar surface area (TPSA) is 70.6 Å². The van der Waals surface area contributed by atoms with Crippen LogP contribution in [0.3, 0.4) is 0 Å². The summed E-state index contributed by atoms with van der Waals surface area (Å²) in [4.78, 5) is 21.4. The fraction of sp³-hybridized carbons (Fsp3) is 0.348. The molecule has 2 heterocycles. The number of carbonyl (C=O) groups is 1. The van der Waals surface area contributed by atoms with Crippen molar-refractivity contribution >= 4 is 22.6 Å². The lowest BCUT2D eigenvalue weighted by atomic mass is 10.1. The molecule has 0 radical (unpaired) electrons. The molecule has 7 nitrogen and oxygen atoms in total. The van der Waals surface area contributed by atoms with Gasteiger partial charge in [-0.2, -0.15) is 4.37 Å². The number of nitrogens with zero attached hydrogens (tertiary/aromatic N) is 4. The number of piperazine rings is 1. The van der Waals surface area contributed by atoms with Crippen LogP contribution in [0.4, 0.5) is 9.52 Å². The van der Waals surface area contributed by atoms with Crippen molar-refractivity contribution in [3.8, 4) is 5.75 Å². The number of aromatic nitrogens is 2. The molecule has 1 aliphatic rings. The van der Waals surface area contributed by atoms with Crippen molar-refractivity contribution in [1.82, 2.24) is 19.6 Å². The highest BCUT2D eigenvalue weighted by Crippen LogP contribution is 2.21. The predicted molar refractivity (Wildman–Crippen MR) is 123 cm³/mol. The first-order valence-electron chi connectivity index (χ1n) is 10.6. The number of benzene rings is 2. The summed E-state index contributed by atoms with van der Waals surface area (Å²) in [7, 11) is 1.66. The van der Waals surface area contributed by atoms with E-state index < -0.39 is 0 Å². The predicted octanol–water partition coefficient (Wildman–Crippen LogP) is 2.83. The van der Waals surface area contributed by atoms with Crippen LogP contribution in [0, 0.1) is 5.82 Å². The van der Waals surface area contributed by atoms with Gasteiger partial charge < -0.3 is 15.0 Å². The maximum atomic E-state index is 13.0. The minimum absolute atomic E-state index is 0.180. The number of nitrogens with one attached hydrogen (secondary N) is 1. The van der Waals surface area contributed by atoms with Crippen LogP contribution in [0.2, 0.25) is 0 Å². The molecule has 4 rings (SSSR count). The summed E-state index contributed by atoms with van der Waals surface area (Å²) in [5.74, 6) is 1.13. The first-order valence-corrected chi connectivity index (χ1v) is 11.3. The molecule has 9 heteroatoms. The maximum Gasteiger partial charge on any atom is 0.251 e. The Bertz CT molecular complexity index is 1030. The van der Waals surface area contributed by atoms with Crippen LogP contribution in [0.5, 0.6) is 5.75 Å². The largest absolute Gasteiger partial charge is 0.497 e. The smallest absolute Gasteiger partial charge is 0.251 e. The third-order valence-electron chi connectivity index (χ3n) is 5.42. The molecule has 1 fully saturated rings. The number of hydrogen-bond acceptors (Lipinski definition) is 7. The second-order valence-electron chi connectivity index (χ2n) is 7.61. The Hall–Kier alpha value is -3.04. The van der Waals surface area contributed by atoms with Gasteiger partial charge in [-0.05, 0) is 42.0 Å². The van der Waals surface area contributed by atoms with E-state index in [0.29, 0.717) is 18.5 Å². The van der Waals surface area contributed by atoms with Crippen LogP contribution in [-0.4, -0.2) is 66.5 Å². The van der Waals surface area contributed by atoms with E-state index in [1.165, 1.54) is 35.8 Å². The molecule has 1 aromatic heterocycles. The lowest BCUT2D eigenvalue weighted by Gasteiger charge is -2.34. The van der Waals surface area contributed by atoms with Crippen molar-refractivity contribution in [2.75, 3.05) is 51.3 Å².